The van der Waals surface area contributed by atoms with Gasteiger partial charge in [-0.05, 0) is 26.1 Å². The molecule has 1 aromatic rings. The molecule has 5 nitrogen and oxygen atoms in total. The van der Waals surface area contributed by atoms with Gasteiger partial charge in [-0.15, -0.1) is 0 Å². The van der Waals surface area contributed by atoms with Crippen LogP contribution in [0.2, 0.25) is 5.02 Å². The average molecular weight is 311 g/mol. The molecule has 0 saturated heterocycles. The highest BCUT2D eigenvalue weighted by atomic mass is 35.5. The Kier molecular flexibility index (Phi) is 7.00. The lowest BCUT2D eigenvalue weighted by molar-refractivity contribution is 0.0438. The first kappa shape index (κ1) is 17.3. The van der Waals surface area contributed by atoms with Crippen molar-refractivity contribution in [2.75, 3.05) is 19.6 Å². The number of nitrogens with zero attached hydrogens (tertiary/aromatic N) is 1. The molecule has 0 amide bonds. The van der Waals surface area contributed by atoms with Crippen LogP contribution in [0, 0.1) is 11.8 Å². The molecule has 0 fully saturated rings. The van der Waals surface area contributed by atoms with Crippen molar-refractivity contribution in [2.45, 2.75) is 26.9 Å². The van der Waals surface area contributed by atoms with E-state index in [1.54, 1.807) is 6.92 Å². The van der Waals surface area contributed by atoms with Gasteiger partial charge in [0.05, 0.1) is 12.1 Å². The second-order valence-electron chi connectivity index (χ2n) is 4.40. The van der Waals surface area contributed by atoms with Crippen molar-refractivity contribution >= 4 is 17.6 Å². The number of ether oxygens (including phenoxy) is 1. The van der Waals surface area contributed by atoms with Crippen molar-refractivity contribution in [2.24, 2.45) is 0 Å². The minimum absolute atomic E-state index is 0.0512. The third-order valence-electron chi connectivity index (χ3n) is 2.88. The topological polar surface area (TPSA) is 62.4 Å². The molecule has 1 atom stereocenters. The van der Waals surface area contributed by atoms with Gasteiger partial charge in [-0.2, -0.15) is 0 Å². The van der Waals surface area contributed by atoms with Crippen LogP contribution in [0.15, 0.2) is 17.1 Å². The fourth-order valence-corrected chi connectivity index (χ4v) is 1.75. The second-order valence-corrected chi connectivity index (χ2v) is 4.80. The predicted octanol–water partition coefficient (Wildman–Crippen LogP) is 1.92. The summed E-state index contributed by atoms with van der Waals surface area (Å²) in [5.74, 6) is 5.28. The zero-order chi connectivity index (χ0) is 15.8. The smallest absolute Gasteiger partial charge is 0.340 e. The van der Waals surface area contributed by atoms with Crippen molar-refractivity contribution in [1.82, 2.24) is 9.88 Å². The molecule has 0 spiro atoms. The number of carbonyl (C=O) groups is 1. The fraction of sp³-hybridized carbons (Fsp3) is 0.467. The van der Waals surface area contributed by atoms with E-state index in [2.05, 4.69) is 35.6 Å². The first-order chi connectivity index (χ1) is 9.97. The molecule has 114 valence electrons. The summed E-state index contributed by atoms with van der Waals surface area (Å²) < 4.78 is 5.17. The van der Waals surface area contributed by atoms with Gasteiger partial charge < -0.3 is 9.72 Å². The summed E-state index contributed by atoms with van der Waals surface area (Å²) in [4.78, 5) is 27.5. The Hall–Kier alpha value is -1.77. The van der Waals surface area contributed by atoms with E-state index in [0.29, 0.717) is 6.54 Å². The van der Waals surface area contributed by atoms with E-state index in [4.69, 9.17) is 16.3 Å². The molecule has 0 radical (unpaired) electrons. The largest absolute Gasteiger partial charge is 0.446 e. The highest BCUT2D eigenvalue weighted by Gasteiger charge is 2.12. The number of hydrogen-bond acceptors (Lipinski definition) is 4. The second kappa shape index (κ2) is 8.50. The molecule has 0 aliphatic rings. The Balaban J connectivity index is 2.60. The number of carbonyl (C=O) groups excluding carboxylic acids is 1. The van der Waals surface area contributed by atoms with Crippen molar-refractivity contribution in [3.8, 4) is 11.8 Å². The van der Waals surface area contributed by atoms with Crippen LogP contribution in [0.5, 0.6) is 0 Å². The number of halogens is 1. The molecular formula is C15H19ClN2O3. The van der Waals surface area contributed by atoms with Crippen LogP contribution in [-0.2, 0) is 4.74 Å². The van der Waals surface area contributed by atoms with Crippen molar-refractivity contribution in [3.05, 3.63) is 33.2 Å². The molecule has 1 unspecified atom stereocenters. The third kappa shape index (κ3) is 5.62. The van der Waals surface area contributed by atoms with E-state index in [0.717, 1.165) is 13.1 Å². The zero-order valence-electron chi connectivity index (χ0n) is 12.4. The van der Waals surface area contributed by atoms with Crippen molar-refractivity contribution in [3.63, 3.8) is 0 Å². The Morgan fingerprint density at radius 1 is 1.48 bits per heavy atom. The van der Waals surface area contributed by atoms with Gasteiger partial charge >= 0.3 is 5.97 Å². The van der Waals surface area contributed by atoms with Gasteiger partial charge in [-0.25, -0.2) is 4.79 Å². The predicted molar refractivity (Wildman–Crippen MR) is 82.5 cm³/mol. The number of esters is 1. The van der Waals surface area contributed by atoms with E-state index in [9.17, 15) is 9.59 Å². The molecule has 1 heterocycles. The molecule has 0 saturated carbocycles. The molecular weight excluding hydrogens is 292 g/mol. The normalized spacial score (nSPS) is 11.7. The molecule has 6 heteroatoms. The fourth-order valence-electron chi connectivity index (χ4n) is 1.58. The number of aromatic nitrogens is 1. The number of aromatic amines is 1. The van der Waals surface area contributed by atoms with Gasteiger partial charge in [0.2, 0.25) is 0 Å². The number of hydrogen-bond donors (Lipinski definition) is 1. The molecule has 0 aliphatic heterocycles. The summed E-state index contributed by atoms with van der Waals surface area (Å²) in [6, 6.07) is 1.28. The van der Waals surface area contributed by atoms with Crippen molar-refractivity contribution in [1.29, 1.82) is 0 Å². The van der Waals surface area contributed by atoms with Gasteiger partial charge in [0.1, 0.15) is 5.02 Å². The molecule has 0 bridgehead atoms. The quantitative estimate of drug-likeness (QED) is 0.666. The molecule has 1 rings (SSSR count). The maximum Gasteiger partial charge on any atom is 0.340 e. The van der Waals surface area contributed by atoms with Crippen LogP contribution in [0.4, 0.5) is 0 Å². The monoisotopic (exact) mass is 310 g/mol. The summed E-state index contributed by atoms with van der Waals surface area (Å²) in [5.41, 5.74) is -0.253. The lowest BCUT2D eigenvalue weighted by Gasteiger charge is -2.13. The van der Waals surface area contributed by atoms with E-state index < -0.39 is 17.6 Å². The first-order valence-electron chi connectivity index (χ1n) is 6.77. The molecule has 1 N–H and O–H groups in total. The Morgan fingerprint density at radius 3 is 2.71 bits per heavy atom. The molecule has 1 aromatic heterocycles. The summed E-state index contributed by atoms with van der Waals surface area (Å²) in [6.45, 7) is 8.31. The summed E-state index contributed by atoms with van der Waals surface area (Å²) in [6.07, 6.45) is 0.742. The van der Waals surface area contributed by atoms with Gasteiger partial charge in [0, 0.05) is 6.20 Å². The maximum atomic E-state index is 11.8. The summed E-state index contributed by atoms with van der Waals surface area (Å²) in [5, 5.41) is -0.0512. The van der Waals surface area contributed by atoms with E-state index in [-0.39, 0.29) is 10.6 Å². The Labute approximate surface area is 129 Å². The Morgan fingerprint density at radius 2 is 2.14 bits per heavy atom. The van der Waals surface area contributed by atoms with Crippen LogP contribution in [-0.4, -0.2) is 41.6 Å². The number of pyridine rings is 1. The lowest BCUT2D eigenvalue weighted by Crippen LogP contribution is -2.23. The van der Waals surface area contributed by atoms with Crippen LogP contribution < -0.4 is 5.56 Å². The van der Waals surface area contributed by atoms with E-state index >= 15 is 0 Å². The zero-order valence-corrected chi connectivity index (χ0v) is 13.2. The number of H-pyrrole nitrogens is 1. The standard InChI is InChI=1S/C15H19ClN2O3/c1-4-18(5-2)8-6-7-11(3)21-15(20)12-9-13(16)14(19)17-10-12/h9-11H,4-5,8H2,1-3H3,(H,17,19). The van der Waals surface area contributed by atoms with Crippen LogP contribution in [0.1, 0.15) is 31.1 Å². The highest BCUT2D eigenvalue weighted by molar-refractivity contribution is 6.30. The first-order valence-corrected chi connectivity index (χ1v) is 7.15. The van der Waals surface area contributed by atoms with E-state index in [1.165, 1.54) is 12.3 Å². The number of nitrogens with one attached hydrogen (secondary N) is 1. The van der Waals surface area contributed by atoms with Crippen molar-refractivity contribution < 1.29 is 9.53 Å². The SMILES string of the molecule is CCN(CC)CC#CC(C)OC(=O)c1c[nH]c(=O)c(Cl)c1. The van der Waals surface area contributed by atoms with Crippen LogP contribution in [0.25, 0.3) is 0 Å². The molecule has 21 heavy (non-hydrogen) atoms. The minimum Gasteiger partial charge on any atom is -0.446 e. The van der Waals surface area contributed by atoms with Gasteiger partial charge in [0.25, 0.3) is 5.56 Å². The maximum absolute atomic E-state index is 11.8. The average Bonchev–Trinajstić information content (AvgIpc) is 2.46. The lowest BCUT2D eigenvalue weighted by atomic mass is 10.3. The third-order valence-corrected chi connectivity index (χ3v) is 3.16. The number of rotatable bonds is 5. The molecule has 0 aromatic carbocycles. The van der Waals surface area contributed by atoms with E-state index in [1.807, 2.05) is 0 Å². The van der Waals surface area contributed by atoms with Gasteiger partial charge in [0.15, 0.2) is 6.10 Å². The summed E-state index contributed by atoms with van der Waals surface area (Å²) in [7, 11) is 0. The molecule has 0 aliphatic carbocycles. The summed E-state index contributed by atoms with van der Waals surface area (Å²) >= 11 is 5.66. The van der Waals surface area contributed by atoms with Gasteiger partial charge in [-0.1, -0.05) is 37.3 Å². The van der Waals surface area contributed by atoms with Crippen LogP contribution >= 0.6 is 11.6 Å². The Bertz CT molecular complexity index is 597. The minimum atomic E-state index is -0.571. The van der Waals surface area contributed by atoms with Crippen LogP contribution in [0.3, 0.4) is 0 Å². The van der Waals surface area contributed by atoms with Gasteiger partial charge in [-0.3, -0.25) is 9.69 Å². The highest BCUT2D eigenvalue weighted by Crippen LogP contribution is 2.06.